The Kier molecular flexibility index (Phi) is 15.9. The molecule has 0 radical (unpaired) electrons. The summed E-state index contributed by atoms with van der Waals surface area (Å²) in [6.45, 7) is 1.73. The molecule has 0 aliphatic heterocycles. The minimum Gasteiger partial charge on any atom is -0.496 e. The fourth-order valence-corrected chi connectivity index (χ4v) is 5.86. The van der Waals surface area contributed by atoms with Gasteiger partial charge in [-0.3, -0.25) is 9.78 Å². The van der Waals surface area contributed by atoms with Gasteiger partial charge in [-0.25, -0.2) is 14.8 Å². The molecule has 0 saturated heterocycles. The van der Waals surface area contributed by atoms with Gasteiger partial charge < -0.3 is 50.1 Å². The third kappa shape index (κ3) is 11.8. The summed E-state index contributed by atoms with van der Waals surface area (Å²) in [6, 6.07) is 21.0. The predicted molar refractivity (Wildman–Crippen MR) is 233 cm³/mol. The molecule has 5 N–H and O–H groups in total. The van der Waals surface area contributed by atoms with Crippen LogP contribution in [0.5, 0.6) is 28.7 Å². The van der Waals surface area contributed by atoms with E-state index in [-0.39, 0.29) is 30.0 Å². The van der Waals surface area contributed by atoms with Crippen LogP contribution in [0.4, 0.5) is 22.0 Å². The van der Waals surface area contributed by atoms with E-state index < -0.39 is 5.91 Å². The number of terminal acetylenes is 1. The Balaban J connectivity index is 0.000000224. The Morgan fingerprint density at radius 3 is 2.22 bits per heavy atom. The molecule has 0 spiro atoms. The zero-order valence-electron chi connectivity index (χ0n) is 33.0. The SMILES string of the molecule is C#Cc1cccc(Nc2ncnc3cc(OCCOC)c(OCCOC)cc23)c1.COc1cc2nccc(Oc3ccc(NC(=O)NC4CC4)c(Cl)c3)c2cc1C(N)=O.Cl. The van der Waals surface area contributed by atoms with Gasteiger partial charge in [-0.15, -0.1) is 18.8 Å². The van der Waals surface area contributed by atoms with Gasteiger partial charge >= 0.3 is 6.03 Å². The van der Waals surface area contributed by atoms with E-state index in [1.165, 1.54) is 13.4 Å². The number of rotatable bonds is 16. The molecule has 1 aliphatic rings. The number of nitrogens with zero attached hydrogens (tertiary/aromatic N) is 3. The van der Waals surface area contributed by atoms with Crippen LogP contribution in [0.2, 0.25) is 5.02 Å². The van der Waals surface area contributed by atoms with Crippen LogP contribution in [0.15, 0.2) is 85.3 Å². The number of carbonyl (C=O) groups is 2. The second-order valence-corrected chi connectivity index (χ2v) is 13.3. The molecule has 1 fully saturated rings. The number of carbonyl (C=O) groups excluding carboxylic acids is 2. The van der Waals surface area contributed by atoms with Crippen LogP contribution in [-0.4, -0.2) is 80.7 Å². The fraction of sp³-hybridized carbons (Fsp3) is 0.233. The van der Waals surface area contributed by atoms with Gasteiger partial charge in [0.15, 0.2) is 11.5 Å². The van der Waals surface area contributed by atoms with E-state index in [4.69, 9.17) is 52.2 Å². The number of benzene rings is 4. The number of hydrogen-bond acceptors (Lipinski definition) is 12. The molecule has 0 unspecified atom stereocenters. The summed E-state index contributed by atoms with van der Waals surface area (Å²) in [5, 5.41) is 10.6. The first-order chi connectivity index (χ1) is 28.7. The molecule has 7 rings (SSSR count). The lowest BCUT2D eigenvalue weighted by Crippen LogP contribution is -2.30. The summed E-state index contributed by atoms with van der Waals surface area (Å²) in [4.78, 5) is 36.7. The summed E-state index contributed by atoms with van der Waals surface area (Å²) in [7, 11) is 4.70. The van der Waals surface area contributed by atoms with Crippen LogP contribution in [0, 0.1) is 12.3 Å². The topological polar surface area (TPSA) is 190 Å². The normalized spacial score (nSPS) is 11.6. The van der Waals surface area contributed by atoms with Gasteiger partial charge in [-0.2, -0.15) is 0 Å². The van der Waals surface area contributed by atoms with Gasteiger partial charge in [-0.05, 0) is 61.4 Å². The highest BCUT2D eigenvalue weighted by molar-refractivity contribution is 6.33. The van der Waals surface area contributed by atoms with Crippen molar-refractivity contribution in [1.29, 1.82) is 0 Å². The third-order valence-corrected chi connectivity index (χ3v) is 9.01. The molecule has 312 valence electrons. The summed E-state index contributed by atoms with van der Waals surface area (Å²) >= 11 is 6.30. The standard InChI is InChI=1S/C22H23N3O4.C21H19ClN4O4.ClH/c1-4-16-6-5-7-17(12-16)25-22-18-13-20(28-10-8-26-2)21(29-11-9-27-3)14-19(18)23-15-24-22;1-29-19-10-17-13(9-14(19)20(23)27)18(6-7-24-17)30-12-4-5-16(15(22)8-12)26-21(28)25-11-2-3-11;/h1,5-7,12-15H,8-11H2,2-3H3,(H,23,24,25);4-11H,2-3H2,1H3,(H2,23,27)(H2,25,26,28);1H. The number of ether oxygens (including phenoxy) is 6. The first-order valence-electron chi connectivity index (χ1n) is 18.4. The van der Waals surface area contributed by atoms with Crippen molar-refractivity contribution in [2.75, 3.05) is 58.4 Å². The van der Waals surface area contributed by atoms with E-state index in [1.807, 2.05) is 36.4 Å². The molecule has 0 atom stereocenters. The van der Waals surface area contributed by atoms with Crippen molar-refractivity contribution in [3.63, 3.8) is 0 Å². The van der Waals surface area contributed by atoms with Crippen molar-refractivity contribution in [2.24, 2.45) is 5.73 Å². The molecule has 2 aromatic heterocycles. The minimum atomic E-state index is -0.619. The lowest BCUT2D eigenvalue weighted by atomic mass is 10.1. The lowest BCUT2D eigenvalue weighted by molar-refractivity contribution is 0.0997. The van der Waals surface area contributed by atoms with E-state index >= 15 is 0 Å². The van der Waals surface area contributed by atoms with Gasteiger partial charge in [0.1, 0.15) is 42.6 Å². The van der Waals surface area contributed by atoms with Crippen molar-refractivity contribution < 1.29 is 38.0 Å². The molecule has 1 aliphatic carbocycles. The number of halogens is 2. The van der Waals surface area contributed by atoms with E-state index in [1.54, 1.807) is 56.8 Å². The second-order valence-electron chi connectivity index (χ2n) is 12.9. The molecule has 2 heterocycles. The van der Waals surface area contributed by atoms with Gasteiger partial charge in [0.2, 0.25) is 0 Å². The third-order valence-electron chi connectivity index (χ3n) is 8.70. The van der Waals surface area contributed by atoms with Crippen LogP contribution < -0.4 is 40.6 Å². The number of anilines is 3. The van der Waals surface area contributed by atoms with Gasteiger partial charge in [0, 0.05) is 66.7 Å². The van der Waals surface area contributed by atoms with E-state index in [0.29, 0.717) is 82.6 Å². The number of fused-ring (bicyclic) bond motifs is 2. The van der Waals surface area contributed by atoms with Crippen molar-refractivity contribution in [1.82, 2.24) is 20.3 Å². The first kappa shape index (κ1) is 44.5. The number of methoxy groups -OCH3 is 3. The van der Waals surface area contributed by atoms with E-state index in [2.05, 4.69) is 36.8 Å². The molecule has 17 heteroatoms. The largest absolute Gasteiger partial charge is 0.496 e. The Morgan fingerprint density at radius 2 is 1.55 bits per heavy atom. The molecule has 3 amide bonds. The molecular formula is C43H43Cl2N7O8. The fourth-order valence-electron chi connectivity index (χ4n) is 5.64. The quantitative estimate of drug-likeness (QED) is 0.0545. The van der Waals surface area contributed by atoms with Gasteiger partial charge in [0.05, 0.1) is 47.6 Å². The number of pyridine rings is 1. The Labute approximate surface area is 357 Å². The molecule has 15 nitrogen and oxygen atoms in total. The predicted octanol–water partition coefficient (Wildman–Crippen LogP) is 7.90. The summed E-state index contributed by atoms with van der Waals surface area (Å²) in [5.74, 6) is 5.08. The molecule has 4 aromatic carbocycles. The van der Waals surface area contributed by atoms with Crippen molar-refractivity contribution in [2.45, 2.75) is 18.9 Å². The highest BCUT2D eigenvalue weighted by Gasteiger charge is 2.23. The average molecular weight is 857 g/mol. The monoisotopic (exact) mass is 855 g/mol. The Hall–Kier alpha value is -6.57. The maximum absolute atomic E-state index is 11.9. The van der Waals surface area contributed by atoms with Crippen LogP contribution in [0.1, 0.15) is 28.8 Å². The smallest absolute Gasteiger partial charge is 0.319 e. The van der Waals surface area contributed by atoms with Gasteiger partial charge in [0.25, 0.3) is 5.91 Å². The lowest BCUT2D eigenvalue weighted by Gasteiger charge is -2.15. The zero-order chi connectivity index (χ0) is 41.7. The van der Waals surface area contributed by atoms with Crippen molar-refractivity contribution >= 4 is 74.9 Å². The Morgan fingerprint density at radius 1 is 0.833 bits per heavy atom. The molecule has 60 heavy (non-hydrogen) atoms. The second kappa shape index (κ2) is 21.4. The van der Waals surface area contributed by atoms with E-state index in [9.17, 15) is 9.59 Å². The molecule has 1 saturated carbocycles. The van der Waals surface area contributed by atoms with Gasteiger partial charge in [-0.1, -0.05) is 23.6 Å². The maximum Gasteiger partial charge on any atom is 0.319 e. The number of primary amides is 1. The average Bonchev–Trinajstić information content (AvgIpc) is 4.06. The van der Waals surface area contributed by atoms with Crippen LogP contribution in [-0.2, 0) is 9.47 Å². The minimum absolute atomic E-state index is 0. The zero-order valence-corrected chi connectivity index (χ0v) is 34.5. The Bertz CT molecular complexity index is 2500. The maximum atomic E-state index is 11.9. The van der Waals surface area contributed by atoms with Crippen LogP contribution in [0.3, 0.4) is 0 Å². The first-order valence-corrected chi connectivity index (χ1v) is 18.7. The number of nitrogens with one attached hydrogen (secondary N) is 3. The summed E-state index contributed by atoms with van der Waals surface area (Å²) in [6.07, 6.45) is 10.6. The highest BCUT2D eigenvalue weighted by atomic mass is 35.5. The van der Waals surface area contributed by atoms with Crippen molar-refractivity contribution in [3.8, 4) is 41.1 Å². The number of amides is 3. The van der Waals surface area contributed by atoms with E-state index in [0.717, 1.165) is 35.0 Å². The summed E-state index contributed by atoms with van der Waals surface area (Å²) in [5.41, 5.74) is 9.08. The molecular weight excluding hydrogens is 813 g/mol. The number of aromatic nitrogens is 3. The number of nitrogens with two attached hydrogens (primary N) is 1. The highest BCUT2D eigenvalue weighted by Crippen LogP contribution is 2.37. The molecule has 0 bridgehead atoms. The van der Waals surface area contributed by atoms with Crippen molar-refractivity contribution in [3.05, 3.63) is 101 Å². The number of hydrogen-bond donors (Lipinski definition) is 4. The molecule has 6 aromatic rings. The summed E-state index contributed by atoms with van der Waals surface area (Å²) < 4.78 is 33.0. The number of urea groups is 1. The van der Waals surface area contributed by atoms with Crippen LogP contribution in [0.25, 0.3) is 21.8 Å². The van der Waals surface area contributed by atoms with Crippen LogP contribution >= 0.6 is 24.0 Å².